The first-order valence-electron chi connectivity index (χ1n) is 9.16. The molecule has 1 fully saturated rings. The molecular formula is C19H21N7O. The number of nitrogens with zero attached hydrogens (tertiary/aromatic N) is 4. The van der Waals surface area contributed by atoms with Crippen molar-refractivity contribution in [1.29, 1.82) is 0 Å². The van der Waals surface area contributed by atoms with E-state index in [-0.39, 0.29) is 0 Å². The second-order valence-electron chi connectivity index (χ2n) is 6.64. The van der Waals surface area contributed by atoms with Crippen molar-refractivity contribution in [2.75, 3.05) is 10.6 Å². The van der Waals surface area contributed by atoms with Crippen LogP contribution in [0.2, 0.25) is 0 Å². The average molecular weight is 363 g/mol. The fraction of sp³-hybridized carbons (Fsp3) is 0.316. The van der Waals surface area contributed by atoms with Gasteiger partial charge in [-0.3, -0.25) is 20.7 Å². The topological polar surface area (TPSA) is 108 Å². The van der Waals surface area contributed by atoms with Gasteiger partial charge in [0.25, 0.3) is 0 Å². The molecule has 0 bridgehead atoms. The largest absolute Gasteiger partial charge is 0.326 e. The summed E-state index contributed by atoms with van der Waals surface area (Å²) in [5, 5.41) is 20.7. The van der Waals surface area contributed by atoms with Gasteiger partial charge >= 0.3 is 6.03 Å². The maximum absolute atomic E-state index is 12.2. The predicted octanol–water partition coefficient (Wildman–Crippen LogP) is 3.95. The molecule has 27 heavy (non-hydrogen) atoms. The number of amides is 2. The molecular weight excluding hydrogens is 342 g/mol. The SMILES string of the molecule is O=C(Nc1ccc(-c2ccccn2)nn1)Nc1cc(C2CCCCC2)[nH]n1. The van der Waals surface area contributed by atoms with Crippen molar-refractivity contribution in [2.24, 2.45) is 0 Å². The van der Waals surface area contributed by atoms with Crippen LogP contribution in [-0.4, -0.2) is 31.4 Å². The molecule has 0 saturated heterocycles. The maximum Gasteiger partial charge on any atom is 0.326 e. The molecule has 2 amide bonds. The fourth-order valence-electron chi connectivity index (χ4n) is 3.34. The molecule has 0 aromatic carbocycles. The lowest BCUT2D eigenvalue weighted by atomic mass is 9.87. The Hall–Kier alpha value is -3.29. The summed E-state index contributed by atoms with van der Waals surface area (Å²) in [5.41, 5.74) is 2.46. The highest BCUT2D eigenvalue weighted by atomic mass is 16.2. The average Bonchev–Trinajstić information content (AvgIpc) is 3.18. The zero-order chi connectivity index (χ0) is 18.5. The van der Waals surface area contributed by atoms with E-state index < -0.39 is 6.03 Å². The Balaban J connectivity index is 1.35. The van der Waals surface area contributed by atoms with Gasteiger partial charge < -0.3 is 0 Å². The van der Waals surface area contributed by atoms with E-state index in [1.807, 2.05) is 24.3 Å². The van der Waals surface area contributed by atoms with Crippen molar-refractivity contribution in [2.45, 2.75) is 38.0 Å². The monoisotopic (exact) mass is 363 g/mol. The zero-order valence-corrected chi connectivity index (χ0v) is 14.9. The van der Waals surface area contributed by atoms with Gasteiger partial charge in [-0.05, 0) is 37.1 Å². The second kappa shape index (κ2) is 7.94. The van der Waals surface area contributed by atoms with Crippen LogP contribution < -0.4 is 10.6 Å². The first kappa shape index (κ1) is 17.1. The van der Waals surface area contributed by atoms with Gasteiger partial charge in [-0.25, -0.2) is 4.79 Å². The Morgan fingerprint density at radius 2 is 1.81 bits per heavy atom. The third-order valence-corrected chi connectivity index (χ3v) is 4.72. The van der Waals surface area contributed by atoms with Gasteiger partial charge in [0.2, 0.25) is 0 Å². The first-order chi connectivity index (χ1) is 13.3. The van der Waals surface area contributed by atoms with Crippen LogP contribution in [-0.2, 0) is 0 Å². The molecule has 3 aromatic heterocycles. The van der Waals surface area contributed by atoms with Crippen LogP contribution in [0.4, 0.5) is 16.4 Å². The Morgan fingerprint density at radius 1 is 0.963 bits per heavy atom. The molecule has 4 rings (SSSR count). The number of H-pyrrole nitrogens is 1. The molecule has 0 radical (unpaired) electrons. The molecule has 0 unspecified atom stereocenters. The third-order valence-electron chi connectivity index (χ3n) is 4.72. The van der Waals surface area contributed by atoms with E-state index in [4.69, 9.17) is 0 Å². The zero-order valence-electron chi connectivity index (χ0n) is 14.9. The van der Waals surface area contributed by atoms with Gasteiger partial charge in [-0.2, -0.15) is 5.10 Å². The highest BCUT2D eigenvalue weighted by Crippen LogP contribution is 2.32. The normalized spacial score (nSPS) is 14.7. The van der Waals surface area contributed by atoms with Crippen LogP contribution >= 0.6 is 0 Å². The molecule has 3 heterocycles. The van der Waals surface area contributed by atoms with E-state index in [9.17, 15) is 4.79 Å². The number of urea groups is 1. The van der Waals surface area contributed by atoms with E-state index >= 15 is 0 Å². The molecule has 8 nitrogen and oxygen atoms in total. The van der Waals surface area contributed by atoms with E-state index in [1.54, 1.807) is 18.3 Å². The lowest BCUT2D eigenvalue weighted by molar-refractivity contribution is 0.262. The highest BCUT2D eigenvalue weighted by molar-refractivity contribution is 5.98. The fourth-order valence-corrected chi connectivity index (χ4v) is 3.34. The van der Waals surface area contributed by atoms with Crippen molar-refractivity contribution >= 4 is 17.7 Å². The molecule has 138 valence electrons. The highest BCUT2D eigenvalue weighted by Gasteiger charge is 2.18. The molecule has 3 N–H and O–H groups in total. The number of hydrogen-bond acceptors (Lipinski definition) is 5. The van der Waals surface area contributed by atoms with E-state index in [1.165, 1.54) is 32.1 Å². The number of aromatic amines is 1. The number of carbonyl (C=O) groups excluding carboxylic acids is 1. The standard InChI is InChI=1S/C19H21N7O/c27-19(22-18-12-16(24-26-18)13-6-2-1-3-7-13)21-17-10-9-15(23-25-17)14-8-4-5-11-20-14/h4-5,8-13H,1-3,6-7H2,(H3,21,22,24,25,26,27). The van der Waals surface area contributed by atoms with Gasteiger partial charge in [0, 0.05) is 23.9 Å². The number of hydrogen-bond donors (Lipinski definition) is 3. The van der Waals surface area contributed by atoms with E-state index in [0.717, 1.165) is 11.4 Å². The van der Waals surface area contributed by atoms with Crippen LogP contribution in [0.15, 0.2) is 42.6 Å². The number of pyridine rings is 1. The number of nitrogens with one attached hydrogen (secondary N) is 3. The Bertz CT molecular complexity index is 886. The van der Waals surface area contributed by atoms with Gasteiger partial charge in [0.05, 0.1) is 5.69 Å². The Morgan fingerprint density at radius 3 is 2.56 bits per heavy atom. The second-order valence-corrected chi connectivity index (χ2v) is 6.64. The number of anilines is 2. The Labute approximate surface area is 156 Å². The van der Waals surface area contributed by atoms with Crippen LogP contribution in [0.3, 0.4) is 0 Å². The molecule has 3 aromatic rings. The first-order valence-corrected chi connectivity index (χ1v) is 9.16. The molecule has 0 atom stereocenters. The summed E-state index contributed by atoms with van der Waals surface area (Å²) in [5.74, 6) is 1.37. The summed E-state index contributed by atoms with van der Waals surface area (Å²) in [4.78, 5) is 16.4. The van der Waals surface area contributed by atoms with Crippen molar-refractivity contribution < 1.29 is 4.79 Å². The van der Waals surface area contributed by atoms with E-state index in [0.29, 0.717) is 23.2 Å². The molecule has 1 aliphatic carbocycles. The van der Waals surface area contributed by atoms with Gasteiger partial charge in [0.15, 0.2) is 11.6 Å². The van der Waals surface area contributed by atoms with Crippen LogP contribution in [0.5, 0.6) is 0 Å². The smallest absolute Gasteiger partial charge is 0.291 e. The summed E-state index contributed by atoms with van der Waals surface area (Å²) in [6, 6.07) is 10.5. The van der Waals surface area contributed by atoms with Crippen molar-refractivity contribution in [3.05, 3.63) is 48.3 Å². The van der Waals surface area contributed by atoms with Crippen LogP contribution in [0.25, 0.3) is 11.4 Å². The minimum Gasteiger partial charge on any atom is -0.291 e. The summed E-state index contributed by atoms with van der Waals surface area (Å²) < 4.78 is 0. The quantitative estimate of drug-likeness (QED) is 0.650. The number of aromatic nitrogens is 5. The van der Waals surface area contributed by atoms with Gasteiger partial charge in [0.1, 0.15) is 5.69 Å². The summed E-state index contributed by atoms with van der Waals surface area (Å²) >= 11 is 0. The lowest BCUT2D eigenvalue weighted by Gasteiger charge is -2.19. The summed E-state index contributed by atoms with van der Waals surface area (Å²) in [6.45, 7) is 0. The maximum atomic E-state index is 12.2. The van der Waals surface area contributed by atoms with E-state index in [2.05, 4.69) is 36.0 Å². The summed E-state index contributed by atoms with van der Waals surface area (Å²) in [6.07, 6.45) is 7.85. The molecule has 0 spiro atoms. The predicted molar refractivity (Wildman–Crippen MR) is 102 cm³/mol. The van der Waals surface area contributed by atoms with Crippen molar-refractivity contribution in [1.82, 2.24) is 25.4 Å². The molecule has 8 heteroatoms. The molecule has 1 saturated carbocycles. The number of rotatable bonds is 4. The summed E-state index contributed by atoms with van der Waals surface area (Å²) in [7, 11) is 0. The minimum atomic E-state index is -0.406. The van der Waals surface area contributed by atoms with Crippen LogP contribution in [0, 0.1) is 0 Å². The Kier molecular flexibility index (Phi) is 5.04. The van der Waals surface area contributed by atoms with Gasteiger partial charge in [-0.1, -0.05) is 25.3 Å². The molecule has 1 aliphatic rings. The number of carbonyl (C=O) groups is 1. The van der Waals surface area contributed by atoms with Crippen LogP contribution in [0.1, 0.15) is 43.7 Å². The third kappa shape index (κ3) is 4.28. The van der Waals surface area contributed by atoms with Crippen molar-refractivity contribution in [3.8, 4) is 11.4 Å². The van der Waals surface area contributed by atoms with Gasteiger partial charge in [-0.15, -0.1) is 10.2 Å². The minimum absolute atomic E-state index is 0.357. The molecule has 0 aliphatic heterocycles. The van der Waals surface area contributed by atoms with Crippen molar-refractivity contribution in [3.63, 3.8) is 0 Å². The lowest BCUT2D eigenvalue weighted by Crippen LogP contribution is -2.20.